The molecular formula is C39H33N5O4S. The van der Waals surface area contributed by atoms with E-state index in [2.05, 4.69) is 34.6 Å². The highest BCUT2D eigenvalue weighted by Crippen LogP contribution is 2.30. The van der Waals surface area contributed by atoms with E-state index in [0.717, 1.165) is 17.7 Å². The first-order chi connectivity index (χ1) is 24.1. The topological polar surface area (TPSA) is 100 Å². The first-order valence-electron chi connectivity index (χ1n) is 15.7. The molecule has 3 aromatic heterocycles. The lowest BCUT2D eigenvalue weighted by molar-refractivity contribution is 0.288. The maximum atomic E-state index is 14.3. The van der Waals surface area contributed by atoms with Crippen LogP contribution >= 0.6 is 11.3 Å². The van der Waals surface area contributed by atoms with Crippen LogP contribution in [-0.2, 0) is 19.6 Å². The van der Waals surface area contributed by atoms with Crippen molar-refractivity contribution in [2.45, 2.75) is 19.6 Å². The van der Waals surface area contributed by atoms with Gasteiger partial charge in [0.25, 0.3) is 5.56 Å². The Balaban J connectivity index is 1.24. The summed E-state index contributed by atoms with van der Waals surface area (Å²) in [7, 11) is 3.20. The van der Waals surface area contributed by atoms with Gasteiger partial charge in [0.2, 0.25) is 0 Å². The van der Waals surface area contributed by atoms with Crippen molar-refractivity contribution in [3.05, 3.63) is 154 Å². The predicted molar refractivity (Wildman–Crippen MR) is 193 cm³/mol. The van der Waals surface area contributed by atoms with Crippen LogP contribution in [0, 0.1) is 0 Å². The SMILES string of the molecule is COc1ccc(Cn2c(COc3ccc(Cc4ccccc4)cc3)nc3c(-c4csc(Nc5ccccc5)n4)nccc3c2=O)c(OC)c1. The highest BCUT2D eigenvalue weighted by atomic mass is 32.1. The largest absolute Gasteiger partial charge is 0.497 e. The number of anilines is 2. The van der Waals surface area contributed by atoms with Gasteiger partial charge in [-0.25, -0.2) is 9.97 Å². The molecule has 49 heavy (non-hydrogen) atoms. The Morgan fingerprint density at radius 3 is 2.29 bits per heavy atom. The molecular weight excluding hydrogens is 635 g/mol. The summed E-state index contributed by atoms with van der Waals surface area (Å²) in [5, 5.41) is 6.38. The van der Waals surface area contributed by atoms with E-state index in [1.807, 2.05) is 78.2 Å². The number of hydrogen-bond donors (Lipinski definition) is 1. The monoisotopic (exact) mass is 667 g/mol. The summed E-state index contributed by atoms with van der Waals surface area (Å²) < 4.78 is 19.0. The minimum atomic E-state index is -0.221. The maximum absolute atomic E-state index is 14.3. The zero-order valence-electron chi connectivity index (χ0n) is 27.0. The summed E-state index contributed by atoms with van der Waals surface area (Å²) in [6, 6.07) is 35.4. The summed E-state index contributed by atoms with van der Waals surface area (Å²) in [6.45, 7) is 0.261. The number of para-hydroxylation sites is 1. The summed E-state index contributed by atoms with van der Waals surface area (Å²) in [5.41, 5.74) is 5.51. The van der Waals surface area contributed by atoms with Crippen molar-refractivity contribution in [1.82, 2.24) is 19.5 Å². The number of aromatic nitrogens is 4. The molecule has 0 saturated heterocycles. The van der Waals surface area contributed by atoms with Crippen LogP contribution in [0.2, 0.25) is 0 Å². The van der Waals surface area contributed by atoms with Crippen molar-refractivity contribution in [2.75, 3.05) is 19.5 Å². The van der Waals surface area contributed by atoms with Crippen molar-refractivity contribution in [3.63, 3.8) is 0 Å². The lowest BCUT2D eigenvalue weighted by Crippen LogP contribution is -2.27. The van der Waals surface area contributed by atoms with Crippen LogP contribution in [0.4, 0.5) is 10.8 Å². The molecule has 0 aliphatic heterocycles. The molecule has 9 nitrogen and oxygen atoms in total. The van der Waals surface area contributed by atoms with Crippen molar-refractivity contribution < 1.29 is 14.2 Å². The minimum absolute atomic E-state index is 0.0495. The van der Waals surface area contributed by atoms with E-state index in [-0.39, 0.29) is 18.7 Å². The average molecular weight is 668 g/mol. The lowest BCUT2D eigenvalue weighted by atomic mass is 10.1. The molecule has 0 spiro atoms. The molecule has 0 amide bonds. The molecule has 0 fully saturated rings. The molecule has 0 saturated carbocycles. The fraction of sp³-hybridized carbons (Fsp3) is 0.128. The first kappa shape index (κ1) is 31.6. The quantitative estimate of drug-likeness (QED) is 0.140. The van der Waals surface area contributed by atoms with E-state index in [0.29, 0.717) is 50.5 Å². The number of fused-ring (bicyclic) bond motifs is 1. The normalized spacial score (nSPS) is 11.0. The number of hydrogen-bond acceptors (Lipinski definition) is 9. The molecule has 0 atom stereocenters. The van der Waals surface area contributed by atoms with Crippen LogP contribution in [0.3, 0.4) is 0 Å². The number of nitrogens with one attached hydrogen (secondary N) is 1. The van der Waals surface area contributed by atoms with Gasteiger partial charge in [-0.1, -0.05) is 60.7 Å². The van der Waals surface area contributed by atoms with Gasteiger partial charge in [-0.15, -0.1) is 11.3 Å². The minimum Gasteiger partial charge on any atom is -0.497 e. The summed E-state index contributed by atoms with van der Waals surface area (Å²) in [6.07, 6.45) is 2.45. The van der Waals surface area contributed by atoms with Crippen molar-refractivity contribution in [2.24, 2.45) is 0 Å². The Bertz CT molecular complexity index is 2250. The molecule has 3 heterocycles. The van der Waals surface area contributed by atoms with E-state index in [9.17, 15) is 4.79 Å². The number of ether oxygens (including phenoxy) is 3. The van der Waals surface area contributed by atoms with Crippen LogP contribution in [0.5, 0.6) is 17.2 Å². The fourth-order valence-electron chi connectivity index (χ4n) is 5.57. The predicted octanol–water partition coefficient (Wildman–Crippen LogP) is 7.89. The van der Waals surface area contributed by atoms with Crippen LogP contribution in [0.15, 0.2) is 126 Å². The number of thiazole rings is 1. The van der Waals surface area contributed by atoms with Gasteiger partial charge in [-0.2, -0.15) is 0 Å². The van der Waals surface area contributed by atoms with Gasteiger partial charge in [0.1, 0.15) is 40.8 Å². The number of pyridine rings is 1. The molecule has 0 aliphatic carbocycles. The lowest BCUT2D eigenvalue weighted by Gasteiger charge is -2.17. The molecule has 0 bridgehead atoms. The Morgan fingerprint density at radius 1 is 0.796 bits per heavy atom. The summed E-state index contributed by atoms with van der Waals surface area (Å²) in [5.74, 6) is 2.37. The third-order valence-corrected chi connectivity index (χ3v) is 8.85. The molecule has 244 valence electrons. The summed E-state index contributed by atoms with van der Waals surface area (Å²) in [4.78, 5) is 28.7. The van der Waals surface area contributed by atoms with Crippen LogP contribution in [0.25, 0.3) is 22.3 Å². The first-order valence-corrected chi connectivity index (χ1v) is 16.6. The molecule has 1 N–H and O–H groups in total. The fourth-order valence-corrected chi connectivity index (χ4v) is 6.29. The van der Waals surface area contributed by atoms with Gasteiger partial charge in [-0.3, -0.25) is 14.3 Å². The van der Waals surface area contributed by atoms with Crippen LogP contribution < -0.4 is 25.1 Å². The molecule has 0 aliphatic rings. The Hall–Kier alpha value is -6.00. The Morgan fingerprint density at radius 2 is 1.53 bits per heavy atom. The van der Waals surface area contributed by atoms with Crippen LogP contribution in [-0.4, -0.2) is 33.7 Å². The van der Waals surface area contributed by atoms with E-state index < -0.39 is 0 Å². The van der Waals surface area contributed by atoms with Crippen LogP contribution in [0.1, 0.15) is 22.5 Å². The number of rotatable bonds is 12. The number of nitrogens with zero attached hydrogens (tertiary/aromatic N) is 4. The second-order valence-corrected chi connectivity index (χ2v) is 12.1. The molecule has 10 heteroatoms. The Labute approximate surface area is 287 Å². The second kappa shape index (κ2) is 14.4. The van der Waals surface area contributed by atoms with Crippen molar-refractivity contribution in [1.29, 1.82) is 0 Å². The smallest absolute Gasteiger partial charge is 0.261 e. The van der Waals surface area contributed by atoms with Gasteiger partial charge in [0.05, 0.1) is 26.2 Å². The highest BCUT2D eigenvalue weighted by molar-refractivity contribution is 7.14. The van der Waals surface area contributed by atoms with Gasteiger partial charge < -0.3 is 19.5 Å². The third-order valence-electron chi connectivity index (χ3n) is 8.09. The number of benzene rings is 4. The number of methoxy groups -OCH3 is 2. The van der Waals surface area contributed by atoms with Gasteiger partial charge in [-0.05, 0) is 60.0 Å². The Kier molecular flexibility index (Phi) is 9.29. The van der Waals surface area contributed by atoms with Gasteiger partial charge >= 0.3 is 0 Å². The van der Waals surface area contributed by atoms with E-state index >= 15 is 0 Å². The van der Waals surface area contributed by atoms with Gasteiger partial charge in [0, 0.05) is 28.9 Å². The average Bonchev–Trinajstić information content (AvgIpc) is 3.61. The van der Waals surface area contributed by atoms with E-state index in [1.54, 1.807) is 37.1 Å². The summed E-state index contributed by atoms with van der Waals surface area (Å²) >= 11 is 1.45. The molecule has 7 aromatic rings. The van der Waals surface area contributed by atoms with Gasteiger partial charge in [0.15, 0.2) is 11.0 Å². The van der Waals surface area contributed by atoms with Crippen molar-refractivity contribution in [3.8, 4) is 28.6 Å². The maximum Gasteiger partial charge on any atom is 0.261 e. The molecule has 4 aromatic carbocycles. The second-order valence-electron chi connectivity index (χ2n) is 11.3. The molecule has 0 radical (unpaired) electrons. The standard InChI is InChI=1S/C39H33N5O4S/c1-46-31-18-15-28(34(22-31)47-2)23-44-35(24-48-30-16-13-27(14-17-30)21-26-9-5-3-6-10-26)43-36-32(38(44)45)19-20-40-37(36)33-25-49-39(42-33)41-29-11-7-4-8-12-29/h3-20,22,25H,21,23-24H2,1-2H3,(H,41,42). The highest BCUT2D eigenvalue weighted by Gasteiger charge is 2.19. The molecule has 0 unspecified atom stereocenters. The van der Waals surface area contributed by atoms with Crippen molar-refractivity contribution >= 4 is 33.1 Å². The zero-order valence-corrected chi connectivity index (χ0v) is 27.8. The van der Waals surface area contributed by atoms with E-state index in [4.69, 9.17) is 24.2 Å². The third kappa shape index (κ3) is 7.14. The molecule has 7 rings (SSSR count). The van der Waals surface area contributed by atoms with E-state index in [1.165, 1.54) is 22.5 Å². The zero-order chi connectivity index (χ0) is 33.6.